The third-order valence-electron chi connectivity index (χ3n) is 3.73. The molecule has 0 atom stereocenters. The predicted molar refractivity (Wildman–Crippen MR) is 84.2 cm³/mol. The van der Waals surface area contributed by atoms with Crippen LogP contribution in [-0.4, -0.2) is 14.8 Å². The molecule has 0 amide bonds. The number of benzene rings is 3. The lowest BCUT2D eigenvalue weighted by atomic mass is 10.1. The van der Waals surface area contributed by atoms with Crippen LogP contribution in [0.2, 0.25) is 0 Å². The topological polar surface area (TPSA) is 87.9 Å². The molecule has 0 N–H and O–H groups in total. The Bertz CT molecular complexity index is 1070. The van der Waals surface area contributed by atoms with Gasteiger partial charge in [0.1, 0.15) is 5.69 Å². The summed E-state index contributed by atoms with van der Waals surface area (Å²) in [5, 5.41) is 29.6. The summed E-state index contributed by atoms with van der Waals surface area (Å²) in [4.78, 5) is 12.1. The first-order chi connectivity index (χ1) is 11.1. The van der Waals surface area contributed by atoms with Crippen molar-refractivity contribution in [3.8, 4) is 5.69 Å². The summed E-state index contributed by atoms with van der Waals surface area (Å²) in [6.07, 6.45) is 0. The smallest absolute Gasteiger partial charge is 0.274 e. The summed E-state index contributed by atoms with van der Waals surface area (Å²) in [7, 11) is 0. The van der Waals surface area contributed by atoms with Gasteiger partial charge in [-0.15, -0.1) is 4.85 Å². The monoisotopic (exact) mass is 306 g/mol. The van der Waals surface area contributed by atoms with Gasteiger partial charge >= 0.3 is 0 Å². The lowest BCUT2D eigenvalue weighted by Crippen LogP contribution is -2.37. The van der Waals surface area contributed by atoms with Crippen molar-refractivity contribution in [2.24, 2.45) is 0 Å². The van der Waals surface area contributed by atoms with Crippen molar-refractivity contribution >= 4 is 27.5 Å². The Morgan fingerprint density at radius 2 is 1.83 bits per heavy atom. The van der Waals surface area contributed by atoms with Crippen LogP contribution in [0.4, 0.5) is 5.69 Å². The Balaban J connectivity index is 2.01. The lowest BCUT2D eigenvalue weighted by molar-refractivity contribution is -0.664. The standard InChI is InChI=1S/C16H10N4O3/c21-19-16-10-12(20(22)23)8-9-14(16)17-18(19)15-7-3-5-11-4-1-2-6-13(11)15/h1-10H. The first-order valence-electron chi connectivity index (χ1n) is 6.90. The molecule has 3 aromatic carbocycles. The molecular formula is C16H10N4O3. The minimum absolute atomic E-state index is 0.139. The molecule has 0 aliphatic heterocycles. The van der Waals surface area contributed by atoms with Crippen LogP contribution in [0.25, 0.3) is 27.5 Å². The molecule has 7 heteroatoms. The summed E-state index contributed by atoms with van der Waals surface area (Å²) in [6, 6.07) is 17.3. The van der Waals surface area contributed by atoms with Crippen LogP contribution < -0.4 is 4.85 Å². The molecular weight excluding hydrogens is 296 g/mol. The van der Waals surface area contributed by atoms with E-state index in [1.165, 1.54) is 23.0 Å². The van der Waals surface area contributed by atoms with E-state index >= 15 is 0 Å². The summed E-state index contributed by atoms with van der Waals surface area (Å²) in [5.41, 5.74) is 1.04. The minimum Gasteiger partial charge on any atom is -0.692 e. The molecule has 0 saturated carbocycles. The van der Waals surface area contributed by atoms with Gasteiger partial charge in [-0.25, -0.2) is 0 Å². The number of non-ortho nitro benzene ring substituents is 1. The van der Waals surface area contributed by atoms with E-state index in [1.54, 1.807) is 6.07 Å². The zero-order valence-electron chi connectivity index (χ0n) is 11.8. The van der Waals surface area contributed by atoms with E-state index in [9.17, 15) is 15.3 Å². The third kappa shape index (κ3) is 1.98. The Morgan fingerprint density at radius 3 is 2.65 bits per heavy atom. The maximum absolute atomic E-state index is 12.5. The van der Waals surface area contributed by atoms with Gasteiger partial charge in [0.15, 0.2) is 0 Å². The van der Waals surface area contributed by atoms with Gasteiger partial charge in [0, 0.05) is 17.5 Å². The summed E-state index contributed by atoms with van der Waals surface area (Å²) in [6.45, 7) is 0. The number of hydrogen-bond acceptors (Lipinski definition) is 4. The van der Waals surface area contributed by atoms with Crippen LogP contribution in [0.15, 0.2) is 60.7 Å². The van der Waals surface area contributed by atoms with Crippen LogP contribution in [0.1, 0.15) is 0 Å². The fourth-order valence-electron chi connectivity index (χ4n) is 2.64. The largest absolute Gasteiger partial charge is 0.692 e. The number of fused-ring (bicyclic) bond motifs is 2. The quantitative estimate of drug-likeness (QED) is 0.246. The van der Waals surface area contributed by atoms with Crippen LogP contribution in [0.3, 0.4) is 0 Å². The second kappa shape index (κ2) is 4.77. The van der Waals surface area contributed by atoms with Gasteiger partial charge in [0.2, 0.25) is 5.52 Å². The van der Waals surface area contributed by atoms with E-state index in [-0.39, 0.29) is 11.2 Å². The van der Waals surface area contributed by atoms with Crippen molar-refractivity contribution in [3.05, 3.63) is 76.0 Å². The normalized spacial score (nSPS) is 11.1. The first-order valence-corrected chi connectivity index (χ1v) is 6.90. The highest BCUT2D eigenvalue weighted by atomic mass is 16.6. The van der Waals surface area contributed by atoms with Gasteiger partial charge in [-0.3, -0.25) is 10.1 Å². The fourth-order valence-corrected chi connectivity index (χ4v) is 2.64. The molecule has 0 fully saturated rings. The average molecular weight is 306 g/mol. The second-order valence-electron chi connectivity index (χ2n) is 5.09. The molecule has 0 bridgehead atoms. The third-order valence-corrected chi connectivity index (χ3v) is 3.73. The van der Waals surface area contributed by atoms with Crippen molar-refractivity contribution in [1.29, 1.82) is 0 Å². The van der Waals surface area contributed by atoms with Gasteiger partial charge < -0.3 is 5.21 Å². The van der Waals surface area contributed by atoms with E-state index in [0.29, 0.717) is 16.0 Å². The highest BCUT2D eigenvalue weighted by Crippen LogP contribution is 2.22. The molecule has 23 heavy (non-hydrogen) atoms. The average Bonchev–Trinajstić information content (AvgIpc) is 2.90. The molecule has 0 saturated heterocycles. The van der Waals surface area contributed by atoms with E-state index in [1.807, 2.05) is 36.4 Å². The van der Waals surface area contributed by atoms with Crippen molar-refractivity contribution in [1.82, 2.24) is 9.90 Å². The zero-order valence-corrected chi connectivity index (χ0v) is 11.8. The van der Waals surface area contributed by atoms with E-state index in [0.717, 1.165) is 10.8 Å². The van der Waals surface area contributed by atoms with Crippen molar-refractivity contribution < 1.29 is 9.77 Å². The number of rotatable bonds is 2. The van der Waals surface area contributed by atoms with Crippen LogP contribution >= 0.6 is 0 Å². The second-order valence-corrected chi connectivity index (χ2v) is 5.09. The highest BCUT2D eigenvalue weighted by molar-refractivity contribution is 5.90. The van der Waals surface area contributed by atoms with Crippen molar-refractivity contribution in [3.63, 3.8) is 0 Å². The summed E-state index contributed by atoms with van der Waals surface area (Å²) >= 11 is 0. The Kier molecular flexibility index (Phi) is 2.74. The van der Waals surface area contributed by atoms with E-state index < -0.39 is 4.92 Å². The molecule has 4 rings (SSSR count). The molecule has 4 aromatic rings. The van der Waals surface area contributed by atoms with Crippen LogP contribution in [-0.2, 0) is 0 Å². The number of nitrogens with zero attached hydrogens (tertiary/aromatic N) is 4. The molecule has 112 valence electrons. The summed E-state index contributed by atoms with van der Waals surface area (Å²) < 4.78 is 0. The van der Waals surface area contributed by atoms with Gasteiger partial charge in [-0.1, -0.05) is 36.4 Å². The highest BCUT2D eigenvalue weighted by Gasteiger charge is 2.20. The number of nitro benzene ring substituents is 1. The zero-order chi connectivity index (χ0) is 16.0. The maximum Gasteiger partial charge on any atom is 0.274 e. The van der Waals surface area contributed by atoms with Crippen LogP contribution in [0.5, 0.6) is 0 Å². The lowest BCUT2D eigenvalue weighted by Gasteiger charge is -2.06. The number of nitro groups is 1. The fraction of sp³-hybridized carbons (Fsp3) is 0. The number of hydrogen-bond donors (Lipinski definition) is 0. The predicted octanol–water partition coefficient (Wildman–Crippen LogP) is 2.72. The first kappa shape index (κ1) is 13.2. The van der Waals surface area contributed by atoms with Gasteiger partial charge in [-0.05, 0) is 16.2 Å². The van der Waals surface area contributed by atoms with Crippen molar-refractivity contribution in [2.45, 2.75) is 0 Å². The molecule has 1 aromatic heterocycles. The van der Waals surface area contributed by atoms with Gasteiger partial charge in [-0.2, -0.15) is 0 Å². The maximum atomic E-state index is 12.5. The molecule has 0 radical (unpaired) electrons. The van der Waals surface area contributed by atoms with Crippen molar-refractivity contribution in [2.75, 3.05) is 0 Å². The molecule has 0 aliphatic rings. The minimum atomic E-state index is -0.533. The van der Waals surface area contributed by atoms with E-state index in [4.69, 9.17) is 0 Å². The Hall–Kier alpha value is -3.48. The van der Waals surface area contributed by atoms with Crippen LogP contribution in [0, 0.1) is 15.3 Å². The van der Waals surface area contributed by atoms with E-state index in [2.05, 4.69) is 5.10 Å². The molecule has 0 aliphatic carbocycles. The SMILES string of the molecule is O=[N+]([O-])c1ccc2nn(-c3cccc4ccccc34)[n+]([O-])c2c1. The van der Waals surface area contributed by atoms with Gasteiger partial charge in [0.05, 0.1) is 16.1 Å². The van der Waals surface area contributed by atoms with Gasteiger partial charge in [0.25, 0.3) is 11.2 Å². The molecule has 7 nitrogen and oxygen atoms in total. The molecule has 1 heterocycles. The Morgan fingerprint density at radius 1 is 1.04 bits per heavy atom. The Labute approximate surface area is 129 Å². The molecule has 0 spiro atoms. The molecule has 0 unspecified atom stereocenters. The number of aromatic nitrogens is 3. The summed E-state index contributed by atoms with van der Waals surface area (Å²) in [5.74, 6) is 0.